The molecule has 0 bridgehead atoms. The molecule has 0 fully saturated rings. The van der Waals surface area contributed by atoms with Crippen LogP contribution in [0.25, 0.3) is 23.2 Å². The number of carbonyl (C=O) groups is 1. The number of methoxy groups -OCH3 is 2. The molecule has 0 amide bonds. The first-order chi connectivity index (χ1) is 23.7. The maximum absolute atomic E-state index is 13.1. The fourth-order valence-corrected chi connectivity index (χ4v) is 6.08. The third-order valence-corrected chi connectivity index (χ3v) is 8.92. The fourth-order valence-electron chi connectivity index (χ4n) is 4.77. The number of hydrogen-bond donors (Lipinski definition) is 0. The van der Waals surface area contributed by atoms with Crippen molar-refractivity contribution in [3.05, 3.63) is 113 Å². The first-order valence-corrected chi connectivity index (χ1v) is 17.2. The minimum atomic E-state index is -3.45. The summed E-state index contributed by atoms with van der Waals surface area (Å²) in [7, 11) is -0.557. The highest BCUT2D eigenvalue weighted by molar-refractivity contribution is 7.57. The molecule has 0 aliphatic carbocycles. The van der Waals surface area contributed by atoms with Crippen molar-refractivity contribution in [3.8, 4) is 34.5 Å². The maximum atomic E-state index is 13.1. The number of aromatic nitrogens is 3. The van der Waals surface area contributed by atoms with Gasteiger partial charge in [0.05, 0.1) is 44.2 Å². The second-order valence-corrected chi connectivity index (χ2v) is 12.4. The molecule has 12 nitrogen and oxygen atoms in total. The zero-order valence-electron chi connectivity index (χ0n) is 28.0. The number of benzene rings is 3. The van der Waals surface area contributed by atoms with Gasteiger partial charge in [-0.05, 0) is 74.9 Å². The summed E-state index contributed by atoms with van der Waals surface area (Å²) in [5.74, 6) is 3.26. The predicted molar refractivity (Wildman–Crippen MR) is 183 cm³/mol. The van der Waals surface area contributed by atoms with Crippen LogP contribution in [0.1, 0.15) is 46.8 Å². The lowest BCUT2D eigenvalue weighted by atomic mass is 10.1. The molecule has 5 rings (SSSR count). The van der Waals surface area contributed by atoms with E-state index in [0.29, 0.717) is 51.4 Å². The summed E-state index contributed by atoms with van der Waals surface area (Å²) in [5.41, 5.74) is 3.86. The van der Waals surface area contributed by atoms with E-state index in [0.717, 1.165) is 11.3 Å². The summed E-state index contributed by atoms with van der Waals surface area (Å²) in [6.07, 6.45) is 3.42. The standard InChI is InChI=1S/C36H38N3O9P/c1-6-46-49(41,47-7-2)19-18-29-22-39(30-14-9-8-10-15-30)38-35(29)45-23-26-16-17-32(33(20-26)42-4)44-24-31-25(3)48-34(37-31)27-12-11-13-28(21-27)36(40)43-5/h8-22H,6-7,23-24H2,1-5H3. The van der Waals surface area contributed by atoms with E-state index in [1.807, 2.05) is 42.5 Å². The van der Waals surface area contributed by atoms with Crippen LogP contribution in [0, 0.1) is 6.92 Å². The zero-order valence-corrected chi connectivity index (χ0v) is 28.8. The van der Waals surface area contributed by atoms with Gasteiger partial charge in [-0.15, -0.1) is 5.10 Å². The number of ether oxygens (including phenoxy) is 4. The Morgan fingerprint density at radius 2 is 1.69 bits per heavy atom. The Labute approximate surface area is 284 Å². The topological polar surface area (TPSA) is 133 Å². The Morgan fingerprint density at radius 1 is 0.918 bits per heavy atom. The molecule has 5 aromatic rings. The molecule has 2 aromatic heterocycles. The van der Waals surface area contributed by atoms with Crippen molar-refractivity contribution in [2.75, 3.05) is 27.4 Å². The van der Waals surface area contributed by atoms with Gasteiger partial charge in [0.2, 0.25) is 11.8 Å². The van der Waals surface area contributed by atoms with Crippen LogP contribution in [0.4, 0.5) is 0 Å². The van der Waals surface area contributed by atoms with Gasteiger partial charge < -0.3 is 32.4 Å². The Morgan fingerprint density at radius 3 is 2.41 bits per heavy atom. The second kappa shape index (κ2) is 16.3. The van der Waals surface area contributed by atoms with E-state index in [2.05, 4.69) is 10.1 Å². The summed E-state index contributed by atoms with van der Waals surface area (Å²) >= 11 is 0. The Kier molecular flexibility index (Phi) is 11.7. The maximum Gasteiger partial charge on any atom is 0.354 e. The largest absolute Gasteiger partial charge is 0.493 e. The molecule has 13 heteroatoms. The number of carbonyl (C=O) groups excluding carboxylic acids is 1. The third kappa shape index (κ3) is 8.85. The first kappa shape index (κ1) is 35.2. The van der Waals surface area contributed by atoms with E-state index in [1.165, 1.54) is 12.9 Å². The highest BCUT2D eigenvalue weighted by Crippen LogP contribution is 2.50. The average Bonchev–Trinajstić information content (AvgIpc) is 3.72. The third-order valence-electron chi connectivity index (χ3n) is 7.17. The molecule has 0 aliphatic heterocycles. The van der Waals surface area contributed by atoms with Gasteiger partial charge in [0.1, 0.15) is 24.7 Å². The van der Waals surface area contributed by atoms with Gasteiger partial charge in [-0.3, -0.25) is 4.57 Å². The number of para-hydroxylation sites is 1. The van der Waals surface area contributed by atoms with E-state index in [1.54, 1.807) is 75.2 Å². The monoisotopic (exact) mass is 687 g/mol. The molecule has 3 aromatic carbocycles. The van der Waals surface area contributed by atoms with Gasteiger partial charge in [-0.2, -0.15) is 0 Å². The van der Waals surface area contributed by atoms with Gasteiger partial charge in [0.15, 0.2) is 11.5 Å². The van der Waals surface area contributed by atoms with E-state index >= 15 is 0 Å². The number of aryl methyl sites for hydroxylation is 1. The summed E-state index contributed by atoms with van der Waals surface area (Å²) in [5, 5.41) is 4.64. The van der Waals surface area contributed by atoms with Crippen LogP contribution in [0.3, 0.4) is 0 Å². The van der Waals surface area contributed by atoms with E-state index in [-0.39, 0.29) is 26.4 Å². The Balaban J connectivity index is 1.30. The molecule has 0 radical (unpaired) electrons. The fraction of sp³-hybridized carbons (Fsp3) is 0.250. The van der Waals surface area contributed by atoms with Gasteiger partial charge in [-0.25, -0.2) is 14.5 Å². The number of esters is 1. The van der Waals surface area contributed by atoms with Crippen molar-refractivity contribution in [2.45, 2.75) is 34.0 Å². The molecular weight excluding hydrogens is 649 g/mol. The Bertz CT molecular complexity index is 1940. The lowest BCUT2D eigenvalue weighted by Crippen LogP contribution is -2.02. The summed E-state index contributed by atoms with van der Waals surface area (Å²) in [4.78, 5) is 16.5. The summed E-state index contributed by atoms with van der Waals surface area (Å²) in [6, 6.07) is 21.9. The first-order valence-electron chi connectivity index (χ1n) is 15.6. The van der Waals surface area contributed by atoms with Gasteiger partial charge in [-0.1, -0.05) is 30.3 Å². The molecule has 0 saturated carbocycles. The van der Waals surface area contributed by atoms with Crippen molar-refractivity contribution in [3.63, 3.8) is 0 Å². The lowest BCUT2D eigenvalue weighted by Gasteiger charge is -2.13. The molecule has 0 aliphatic rings. The molecular formula is C36H38N3O9P. The van der Waals surface area contributed by atoms with E-state index in [9.17, 15) is 9.36 Å². The van der Waals surface area contributed by atoms with Crippen LogP contribution in [0.5, 0.6) is 17.4 Å². The van der Waals surface area contributed by atoms with Crippen molar-refractivity contribution in [1.29, 1.82) is 0 Å². The zero-order chi connectivity index (χ0) is 34.8. The van der Waals surface area contributed by atoms with Crippen molar-refractivity contribution in [1.82, 2.24) is 14.8 Å². The average molecular weight is 688 g/mol. The quantitative estimate of drug-likeness (QED) is 0.0737. The van der Waals surface area contributed by atoms with Gasteiger partial charge >= 0.3 is 13.6 Å². The lowest BCUT2D eigenvalue weighted by molar-refractivity contribution is 0.0600. The van der Waals surface area contributed by atoms with Gasteiger partial charge in [0.25, 0.3) is 0 Å². The van der Waals surface area contributed by atoms with E-state index in [4.69, 9.17) is 32.4 Å². The Hall–Kier alpha value is -5.16. The van der Waals surface area contributed by atoms with Crippen LogP contribution in [0.2, 0.25) is 0 Å². The molecule has 0 spiro atoms. The molecule has 256 valence electrons. The van der Waals surface area contributed by atoms with Crippen LogP contribution in [0.15, 0.2) is 89.2 Å². The van der Waals surface area contributed by atoms with Crippen molar-refractivity contribution < 1.29 is 41.8 Å². The predicted octanol–water partition coefficient (Wildman–Crippen LogP) is 8.03. The number of hydrogen-bond acceptors (Lipinski definition) is 11. The van der Waals surface area contributed by atoms with Crippen LogP contribution >= 0.6 is 7.60 Å². The normalized spacial score (nSPS) is 11.5. The molecule has 0 atom stereocenters. The highest BCUT2D eigenvalue weighted by Gasteiger charge is 2.21. The van der Waals surface area contributed by atoms with Crippen molar-refractivity contribution in [2.24, 2.45) is 0 Å². The van der Waals surface area contributed by atoms with Crippen molar-refractivity contribution >= 4 is 19.6 Å². The SMILES string of the molecule is CCOP(=O)(C=Cc1cn(-c2ccccc2)nc1OCc1ccc(OCc2nc(-c3cccc(C(=O)OC)c3)oc2C)c(OC)c1)OCC. The highest BCUT2D eigenvalue weighted by atomic mass is 31.2. The second-order valence-electron chi connectivity index (χ2n) is 10.5. The number of nitrogens with zero attached hydrogens (tertiary/aromatic N) is 3. The van der Waals surface area contributed by atoms with E-state index < -0.39 is 13.6 Å². The minimum absolute atomic E-state index is 0.123. The number of rotatable bonds is 16. The minimum Gasteiger partial charge on any atom is -0.493 e. The molecule has 0 unspecified atom stereocenters. The number of oxazole rings is 1. The smallest absolute Gasteiger partial charge is 0.354 e. The summed E-state index contributed by atoms with van der Waals surface area (Å²) < 4.78 is 54.1. The molecule has 2 heterocycles. The summed E-state index contributed by atoms with van der Waals surface area (Å²) in [6.45, 7) is 6.07. The molecule has 0 saturated heterocycles. The van der Waals surface area contributed by atoms with Gasteiger partial charge in [0, 0.05) is 17.6 Å². The van der Waals surface area contributed by atoms with Crippen LogP contribution < -0.4 is 14.2 Å². The molecule has 49 heavy (non-hydrogen) atoms. The van der Waals surface area contributed by atoms with Crippen LogP contribution in [-0.4, -0.2) is 48.2 Å². The molecule has 0 N–H and O–H groups in total. The van der Waals surface area contributed by atoms with Crippen LogP contribution in [-0.2, 0) is 31.6 Å².